The number of carbonyl (C=O) groups is 1. The molecule has 1 aromatic carbocycles. The van der Waals surface area contributed by atoms with Gasteiger partial charge in [0, 0.05) is 22.7 Å². The van der Waals surface area contributed by atoms with Gasteiger partial charge in [-0.15, -0.1) is 11.8 Å². The molecule has 22 heavy (non-hydrogen) atoms. The van der Waals surface area contributed by atoms with Gasteiger partial charge in [-0.3, -0.25) is 4.79 Å². The van der Waals surface area contributed by atoms with Crippen LogP contribution in [0, 0.1) is 0 Å². The van der Waals surface area contributed by atoms with Crippen LogP contribution in [0.15, 0.2) is 34.9 Å². The van der Waals surface area contributed by atoms with Crippen molar-refractivity contribution in [1.29, 1.82) is 0 Å². The van der Waals surface area contributed by atoms with Crippen molar-refractivity contribution in [2.24, 2.45) is 0 Å². The number of hydrogen-bond acceptors (Lipinski definition) is 4. The highest BCUT2D eigenvalue weighted by atomic mass is 35.5. The van der Waals surface area contributed by atoms with Crippen LogP contribution in [0.2, 0.25) is 5.02 Å². The molecule has 1 N–H and O–H groups in total. The fraction of sp³-hybridized carbons (Fsp3) is 0.375. The van der Waals surface area contributed by atoms with Crippen molar-refractivity contribution in [3.63, 3.8) is 0 Å². The Morgan fingerprint density at radius 3 is 2.86 bits per heavy atom. The number of nitrogens with one attached hydrogen (secondary N) is 1. The predicted molar refractivity (Wildman–Crippen MR) is 88.9 cm³/mol. The van der Waals surface area contributed by atoms with Crippen LogP contribution in [-0.2, 0) is 10.5 Å². The molecule has 1 aliphatic carbocycles. The van der Waals surface area contributed by atoms with Crippen LogP contribution in [0.4, 0.5) is 0 Å². The SMILES string of the molecule is CC(SCc1cc(-c2ccc(Cl)cc2)no1)C(=O)NC1CC1. The largest absolute Gasteiger partial charge is 0.360 e. The Morgan fingerprint density at radius 1 is 1.45 bits per heavy atom. The van der Waals surface area contributed by atoms with Crippen molar-refractivity contribution in [3.8, 4) is 11.3 Å². The summed E-state index contributed by atoms with van der Waals surface area (Å²) >= 11 is 7.43. The lowest BCUT2D eigenvalue weighted by atomic mass is 10.1. The summed E-state index contributed by atoms with van der Waals surface area (Å²) in [7, 11) is 0. The van der Waals surface area contributed by atoms with Gasteiger partial charge in [0.2, 0.25) is 5.91 Å². The fourth-order valence-electron chi connectivity index (χ4n) is 1.97. The van der Waals surface area contributed by atoms with Crippen LogP contribution in [0.1, 0.15) is 25.5 Å². The molecular weight excluding hydrogens is 320 g/mol. The average Bonchev–Trinajstić information content (AvgIpc) is 3.20. The van der Waals surface area contributed by atoms with Crippen molar-refractivity contribution >= 4 is 29.3 Å². The van der Waals surface area contributed by atoms with E-state index in [-0.39, 0.29) is 11.2 Å². The van der Waals surface area contributed by atoms with Crippen molar-refractivity contribution < 1.29 is 9.32 Å². The number of benzene rings is 1. The molecule has 1 heterocycles. The summed E-state index contributed by atoms with van der Waals surface area (Å²) in [6.07, 6.45) is 2.21. The second-order valence-electron chi connectivity index (χ2n) is 5.42. The zero-order chi connectivity index (χ0) is 15.5. The molecule has 1 fully saturated rings. The second kappa shape index (κ2) is 6.75. The Kier molecular flexibility index (Phi) is 4.74. The van der Waals surface area contributed by atoms with E-state index in [4.69, 9.17) is 16.1 Å². The van der Waals surface area contributed by atoms with Gasteiger partial charge in [-0.1, -0.05) is 28.9 Å². The number of thioether (sulfide) groups is 1. The monoisotopic (exact) mass is 336 g/mol. The first-order valence-corrected chi connectivity index (χ1v) is 8.68. The first kappa shape index (κ1) is 15.4. The summed E-state index contributed by atoms with van der Waals surface area (Å²) < 4.78 is 5.34. The summed E-state index contributed by atoms with van der Waals surface area (Å²) in [5.74, 6) is 1.49. The van der Waals surface area contributed by atoms with Crippen LogP contribution in [0.3, 0.4) is 0 Å². The van der Waals surface area contributed by atoms with Gasteiger partial charge in [0.15, 0.2) is 0 Å². The van der Waals surface area contributed by atoms with E-state index in [0.29, 0.717) is 16.8 Å². The van der Waals surface area contributed by atoms with Crippen molar-refractivity contribution in [2.75, 3.05) is 0 Å². The molecule has 1 amide bonds. The van der Waals surface area contributed by atoms with Crippen molar-refractivity contribution in [2.45, 2.75) is 36.8 Å². The van der Waals surface area contributed by atoms with Crippen LogP contribution < -0.4 is 5.32 Å². The maximum atomic E-state index is 11.9. The summed E-state index contributed by atoms with van der Waals surface area (Å²) in [6, 6.07) is 9.76. The lowest BCUT2D eigenvalue weighted by molar-refractivity contribution is -0.120. The first-order valence-electron chi connectivity index (χ1n) is 7.25. The van der Waals surface area contributed by atoms with Crippen molar-refractivity contribution in [3.05, 3.63) is 41.1 Å². The molecule has 1 saturated carbocycles. The minimum Gasteiger partial charge on any atom is -0.360 e. The Balaban J connectivity index is 1.55. The van der Waals surface area contributed by atoms with E-state index in [1.54, 1.807) is 11.8 Å². The summed E-state index contributed by atoms with van der Waals surface area (Å²) in [6.45, 7) is 1.92. The molecule has 0 bridgehead atoms. The number of nitrogens with zero attached hydrogens (tertiary/aromatic N) is 1. The fourth-order valence-corrected chi connectivity index (χ4v) is 2.86. The maximum Gasteiger partial charge on any atom is 0.233 e. The summed E-state index contributed by atoms with van der Waals surface area (Å²) in [5.41, 5.74) is 1.74. The minimum absolute atomic E-state index is 0.0929. The average molecular weight is 337 g/mol. The third-order valence-corrected chi connectivity index (χ3v) is 4.88. The molecule has 0 aliphatic heterocycles. The first-order chi connectivity index (χ1) is 10.6. The Bertz CT molecular complexity index is 652. The molecule has 1 aromatic heterocycles. The smallest absolute Gasteiger partial charge is 0.233 e. The van der Waals surface area contributed by atoms with Crippen molar-refractivity contribution in [1.82, 2.24) is 10.5 Å². The van der Waals surface area contributed by atoms with Gasteiger partial charge < -0.3 is 9.84 Å². The third kappa shape index (κ3) is 4.05. The number of aromatic nitrogens is 1. The van der Waals surface area contributed by atoms with E-state index in [2.05, 4.69) is 10.5 Å². The zero-order valence-corrected chi connectivity index (χ0v) is 13.8. The maximum absolute atomic E-state index is 11.9. The number of halogens is 1. The van der Waals surface area contributed by atoms with Gasteiger partial charge in [0.05, 0.1) is 11.0 Å². The molecule has 1 atom stereocenters. The summed E-state index contributed by atoms with van der Waals surface area (Å²) in [5, 5.41) is 7.67. The standard InChI is InChI=1S/C16H17ClN2O2S/c1-10(16(20)18-13-6-7-13)22-9-14-8-15(19-21-14)11-2-4-12(17)5-3-11/h2-5,8,10,13H,6-7,9H2,1H3,(H,18,20). The normalized spacial score (nSPS) is 15.5. The van der Waals surface area contributed by atoms with E-state index >= 15 is 0 Å². The molecular formula is C16H17ClN2O2S. The Labute approximate surface area is 138 Å². The van der Waals surface area contributed by atoms with Gasteiger partial charge >= 0.3 is 0 Å². The highest BCUT2D eigenvalue weighted by Crippen LogP contribution is 2.25. The molecule has 0 radical (unpaired) electrons. The van der Waals surface area contributed by atoms with Gasteiger partial charge in [0.1, 0.15) is 11.5 Å². The molecule has 6 heteroatoms. The molecule has 3 rings (SSSR count). The van der Waals surface area contributed by atoms with E-state index in [0.717, 1.165) is 29.9 Å². The molecule has 1 aliphatic rings. The Hall–Kier alpha value is -1.46. The number of hydrogen-bond donors (Lipinski definition) is 1. The predicted octanol–water partition coefficient (Wildman–Crippen LogP) is 3.90. The van der Waals surface area contributed by atoms with Gasteiger partial charge in [-0.05, 0) is 31.9 Å². The van der Waals surface area contributed by atoms with Gasteiger partial charge in [-0.2, -0.15) is 0 Å². The number of amides is 1. The quantitative estimate of drug-likeness (QED) is 0.869. The highest BCUT2D eigenvalue weighted by molar-refractivity contribution is 7.99. The molecule has 0 saturated heterocycles. The molecule has 4 nitrogen and oxygen atoms in total. The molecule has 0 spiro atoms. The van der Waals surface area contributed by atoms with E-state index < -0.39 is 0 Å². The Morgan fingerprint density at radius 2 is 2.18 bits per heavy atom. The molecule has 116 valence electrons. The third-order valence-electron chi connectivity index (χ3n) is 3.47. The van der Waals surface area contributed by atoms with Crippen LogP contribution >= 0.6 is 23.4 Å². The van der Waals surface area contributed by atoms with E-state index in [9.17, 15) is 4.79 Å². The second-order valence-corrected chi connectivity index (χ2v) is 7.19. The van der Waals surface area contributed by atoms with Gasteiger partial charge in [-0.25, -0.2) is 0 Å². The lowest BCUT2D eigenvalue weighted by Crippen LogP contribution is -2.32. The zero-order valence-electron chi connectivity index (χ0n) is 12.2. The van der Waals surface area contributed by atoms with Crippen LogP contribution in [0.25, 0.3) is 11.3 Å². The molecule has 2 aromatic rings. The van der Waals surface area contributed by atoms with E-state index in [1.165, 1.54) is 0 Å². The molecule has 1 unspecified atom stereocenters. The van der Waals surface area contributed by atoms with Gasteiger partial charge in [0.25, 0.3) is 0 Å². The summed E-state index contributed by atoms with van der Waals surface area (Å²) in [4.78, 5) is 11.9. The van der Waals surface area contributed by atoms with Crippen LogP contribution in [0.5, 0.6) is 0 Å². The number of rotatable bonds is 6. The minimum atomic E-state index is -0.0929. The van der Waals surface area contributed by atoms with E-state index in [1.807, 2.05) is 37.3 Å². The number of carbonyl (C=O) groups excluding carboxylic acids is 1. The highest BCUT2D eigenvalue weighted by Gasteiger charge is 2.25. The topological polar surface area (TPSA) is 55.1 Å². The van der Waals surface area contributed by atoms with Crippen LogP contribution in [-0.4, -0.2) is 22.4 Å². The lowest BCUT2D eigenvalue weighted by Gasteiger charge is -2.09.